The van der Waals surface area contributed by atoms with Crippen molar-refractivity contribution in [3.8, 4) is 5.75 Å². The number of benzene rings is 1. The Kier molecular flexibility index (Phi) is 3.74. The topological polar surface area (TPSA) is 53.1 Å². The fourth-order valence-corrected chi connectivity index (χ4v) is 2.72. The van der Waals surface area contributed by atoms with Gasteiger partial charge in [0.15, 0.2) is 0 Å². The van der Waals surface area contributed by atoms with E-state index in [0.29, 0.717) is 6.61 Å². The van der Waals surface area contributed by atoms with E-state index in [1.165, 1.54) is 17.5 Å². The van der Waals surface area contributed by atoms with Gasteiger partial charge in [0.1, 0.15) is 12.4 Å². The Balaban J connectivity index is 1.70. The van der Waals surface area contributed by atoms with Crippen LogP contribution in [0.4, 0.5) is 0 Å². The highest BCUT2D eigenvalue weighted by molar-refractivity contribution is 5.39. The van der Waals surface area contributed by atoms with Gasteiger partial charge in [-0.2, -0.15) is 5.10 Å². The smallest absolute Gasteiger partial charge is 0.120 e. The number of aryl methyl sites for hydroxylation is 2. The van der Waals surface area contributed by atoms with Crippen LogP contribution in [0.15, 0.2) is 30.6 Å². The molecule has 106 valence electrons. The first-order valence-corrected chi connectivity index (χ1v) is 7.29. The molecule has 0 amide bonds. The zero-order valence-electron chi connectivity index (χ0n) is 11.9. The first kappa shape index (κ1) is 13.2. The summed E-state index contributed by atoms with van der Waals surface area (Å²) in [5, 5.41) is 4.25. The summed E-state index contributed by atoms with van der Waals surface area (Å²) in [5.74, 6) is 0.894. The van der Waals surface area contributed by atoms with Gasteiger partial charge in [0.25, 0.3) is 0 Å². The number of aromatic nitrogens is 2. The van der Waals surface area contributed by atoms with Gasteiger partial charge in [-0.1, -0.05) is 6.07 Å². The summed E-state index contributed by atoms with van der Waals surface area (Å²) in [6.45, 7) is 3.50. The Bertz CT molecular complexity index is 591. The summed E-state index contributed by atoms with van der Waals surface area (Å²) >= 11 is 0. The molecule has 0 saturated heterocycles. The lowest BCUT2D eigenvalue weighted by atomic mass is 9.88. The normalized spacial score (nSPS) is 17.8. The summed E-state index contributed by atoms with van der Waals surface area (Å²) in [6.07, 6.45) is 7.26. The van der Waals surface area contributed by atoms with Crippen LogP contribution in [0.5, 0.6) is 5.75 Å². The van der Waals surface area contributed by atoms with Crippen molar-refractivity contribution < 1.29 is 4.74 Å². The van der Waals surface area contributed by atoms with Crippen molar-refractivity contribution in [2.45, 2.75) is 45.4 Å². The third-order valence-electron chi connectivity index (χ3n) is 3.89. The summed E-state index contributed by atoms with van der Waals surface area (Å²) in [6, 6.07) is 6.45. The van der Waals surface area contributed by atoms with E-state index in [1.54, 1.807) is 0 Å². The maximum absolute atomic E-state index is 6.17. The molecule has 2 N–H and O–H groups in total. The Morgan fingerprint density at radius 3 is 3.15 bits per heavy atom. The van der Waals surface area contributed by atoms with Crippen molar-refractivity contribution in [2.75, 3.05) is 0 Å². The van der Waals surface area contributed by atoms with Crippen molar-refractivity contribution >= 4 is 0 Å². The molecule has 1 heterocycles. The van der Waals surface area contributed by atoms with E-state index in [2.05, 4.69) is 24.2 Å². The summed E-state index contributed by atoms with van der Waals surface area (Å²) in [7, 11) is 0. The molecule has 0 fully saturated rings. The van der Waals surface area contributed by atoms with Crippen molar-refractivity contribution in [3.05, 3.63) is 47.3 Å². The van der Waals surface area contributed by atoms with Gasteiger partial charge in [0, 0.05) is 24.3 Å². The lowest BCUT2D eigenvalue weighted by molar-refractivity contribution is 0.305. The number of rotatable bonds is 4. The first-order valence-electron chi connectivity index (χ1n) is 7.29. The molecule has 1 aromatic heterocycles. The third kappa shape index (κ3) is 2.70. The first-order chi connectivity index (χ1) is 9.76. The van der Waals surface area contributed by atoms with E-state index in [1.807, 2.05) is 23.1 Å². The van der Waals surface area contributed by atoms with Crippen molar-refractivity contribution in [1.29, 1.82) is 0 Å². The second-order valence-corrected chi connectivity index (χ2v) is 5.35. The number of hydrogen-bond acceptors (Lipinski definition) is 3. The number of hydrogen-bond donors (Lipinski definition) is 1. The molecule has 1 aromatic carbocycles. The standard InChI is InChI=1S/C16H21N3O/c1-2-19-10-12(9-18-19)11-20-14-7-6-13-4-3-5-16(17)15(13)8-14/h6-10,16H,2-5,11,17H2,1H3/t16-/m0/s1. The summed E-state index contributed by atoms with van der Waals surface area (Å²) in [5.41, 5.74) is 9.88. The molecule has 2 aromatic rings. The highest BCUT2D eigenvalue weighted by Gasteiger charge is 2.17. The minimum Gasteiger partial charge on any atom is -0.489 e. The SMILES string of the molecule is CCn1cc(COc2ccc3c(c2)[C@@H](N)CCC3)cn1. The van der Waals surface area contributed by atoms with Crippen molar-refractivity contribution in [2.24, 2.45) is 5.73 Å². The molecular formula is C16H21N3O. The predicted molar refractivity (Wildman–Crippen MR) is 78.5 cm³/mol. The molecule has 0 aliphatic heterocycles. The summed E-state index contributed by atoms with van der Waals surface area (Å²) in [4.78, 5) is 0. The predicted octanol–water partition coefficient (Wildman–Crippen LogP) is 2.82. The molecule has 4 heteroatoms. The Morgan fingerprint density at radius 1 is 1.45 bits per heavy atom. The second-order valence-electron chi connectivity index (χ2n) is 5.35. The average Bonchev–Trinajstić information content (AvgIpc) is 2.94. The highest BCUT2D eigenvalue weighted by atomic mass is 16.5. The molecule has 4 nitrogen and oxygen atoms in total. The number of ether oxygens (including phenoxy) is 1. The van der Waals surface area contributed by atoms with Gasteiger partial charge in [-0.25, -0.2) is 0 Å². The van der Waals surface area contributed by atoms with E-state index >= 15 is 0 Å². The minimum atomic E-state index is 0.158. The largest absolute Gasteiger partial charge is 0.489 e. The molecule has 1 aliphatic carbocycles. The minimum absolute atomic E-state index is 0.158. The van der Waals surface area contributed by atoms with Crippen LogP contribution in [0.25, 0.3) is 0 Å². The lowest BCUT2D eigenvalue weighted by Gasteiger charge is -2.22. The molecule has 0 bridgehead atoms. The molecule has 0 spiro atoms. The second kappa shape index (κ2) is 5.67. The number of nitrogens with two attached hydrogens (primary N) is 1. The van der Waals surface area contributed by atoms with Gasteiger partial charge >= 0.3 is 0 Å². The lowest BCUT2D eigenvalue weighted by Crippen LogP contribution is -2.17. The van der Waals surface area contributed by atoms with Gasteiger partial charge in [0.2, 0.25) is 0 Å². The monoisotopic (exact) mass is 271 g/mol. The van der Waals surface area contributed by atoms with Crippen LogP contribution in [0.2, 0.25) is 0 Å². The van der Waals surface area contributed by atoms with Crippen molar-refractivity contribution in [3.63, 3.8) is 0 Å². The van der Waals surface area contributed by atoms with E-state index in [4.69, 9.17) is 10.5 Å². The fourth-order valence-electron chi connectivity index (χ4n) is 2.72. The Morgan fingerprint density at radius 2 is 2.35 bits per heavy atom. The molecule has 0 unspecified atom stereocenters. The van der Waals surface area contributed by atoms with E-state index in [9.17, 15) is 0 Å². The van der Waals surface area contributed by atoms with E-state index in [0.717, 1.165) is 30.7 Å². The van der Waals surface area contributed by atoms with Crippen LogP contribution in [-0.2, 0) is 19.6 Å². The van der Waals surface area contributed by atoms with Crippen LogP contribution in [0.3, 0.4) is 0 Å². The highest BCUT2D eigenvalue weighted by Crippen LogP contribution is 2.31. The molecule has 0 radical (unpaired) electrons. The Hall–Kier alpha value is -1.81. The van der Waals surface area contributed by atoms with Gasteiger partial charge < -0.3 is 10.5 Å². The molecule has 0 saturated carbocycles. The van der Waals surface area contributed by atoms with E-state index in [-0.39, 0.29) is 6.04 Å². The van der Waals surface area contributed by atoms with Crippen LogP contribution >= 0.6 is 0 Å². The average molecular weight is 271 g/mol. The van der Waals surface area contributed by atoms with E-state index < -0.39 is 0 Å². The Labute approximate surface area is 119 Å². The molecular weight excluding hydrogens is 250 g/mol. The van der Waals surface area contributed by atoms with Gasteiger partial charge in [-0.3, -0.25) is 4.68 Å². The summed E-state index contributed by atoms with van der Waals surface area (Å²) < 4.78 is 7.76. The third-order valence-corrected chi connectivity index (χ3v) is 3.89. The maximum atomic E-state index is 6.17. The van der Waals surface area contributed by atoms with Gasteiger partial charge in [-0.15, -0.1) is 0 Å². The number of fused-ring (bicyclic) bond motifs is 1. The van der Waals surface area contributed by atoms with Crippen LogP contribution in [0, 0.1) is 0 Å². The van der Waals surface area contributed by atoms with Gasteiger partial charge in [0.05, 0.1) is 6.20 Å². The molecule has 3 rings (SSSR count). The quantitative estimate of drug-likeness (QED) is 0.930. The van der Waals surface area contributed by atoms with Crippen LogP contribution < -0.4 is 10.5 Å². The maximum Gasteiger partial charge on any atom is 0.120 e. The molecule has 1 atom stereocenters. The van der Waals surface area contributed by atoms with Crippen molar-refractivity contribution in [1.82, 2.24) is 9.78 Å². The molecule has 1 aliphatic rings. The van der Waals surface area contributed by atoms with Gasteiger partial charge in [-0.05, 0) is 49.4 Å². The van der Waals surface area contributed by atoms with Crippen LogP contribution in [0.1, 0.15) is 42.5 Å². The molecule has 20 heavy (non-hydrogen) atoms. The fraction of sp³-hybridized carbons (Fsp3) is 0.438. The van der Waals surface area contributed by atoms with Crippen LogP contribution in [-0.4, -0.2) is 9.78 Å². The number of nitrogens with zero attached hydrogens (tertiary/aromatic N) is 2. The zero-order valence-corrected chi connectivity index (χ0v) is 11.9. The zero-order chi connectivity index (χ0) is 13.9.